The first-order chi connectivity index (χ1) is 10.1. The molecule has 1 aromatic heterocycles. The van der Waals surface area contributed by atoms with Crippen LogP contribution in [-0.2, 0) is 0 Å². The summed E-state index contributed by atoms with van der Waals surface area (Å²) >= 11 is 7.00. The van der Waals surface area contributed by atoms with E-state index in [9.17, 15) is 0 Å². The molecule has 0 saturated carbocycles. The van der Waals surface area contributed by atoms with Crippen LogP contribution in [0.5, 0.6) is 0 Å². The second kappa shape index (κ2) is 5.57. The van der Waals surface area contributed by atoms with Crippen molar-refractivity contribution in [1.82, 2.24) is 20.2 Å². The van der Waals surface area contributed by atoms with Crippen LogP contribution in [0.3, 0.4) is 0 Å². The van der Waals surface area contributed by atoms with E-state index in [1.165, 1.54) is 0 Å². The van der Waals surface area contributed by atoms with Gasteiger partial charge in [0, 0.05) is 20.2 Å². The first-order valence-corrected chi connectivity index (χ1v) is 7.75. The van der Waals surface area contributed by atoms with Gasteiger partial charge in [-0.15, -0.1) is 5.10 Å². The maximum absolute atomic E-state index is 5.87. The smallest absolute Gasteiger partial charge is 0.188 e. The molecule has 0 aliphatic rings. The number of nitrogens with zero attached hydrogens (tertiary/aromatic N) is 4. The Morgan fingerprint density at radius 2 is 1.90 bits per heavy atom. The fourth-order valence-corrected chi connectivity index (χ4v) is 2.82. The predicted octanol–water partition coefficient (Wildman–Crippen LogP) is 3.74. The van der Waals surface area contributed by atoms with Crippen molar-refractivity contribution in [2.45, 2.75) is 6.92 Å². The maximum atomic E-state index is 5.87. The highest BCUT2D eigenvalue weighted by atomic mass is 79.9. The fourth-order valence-electron chi connectivity index (χ4n) is 2.04. The van der Waals surface area contributed by atoms with E-state index in [-0.39, 0.29) is 0 Å². The largest absolute Gasteiger partial charge is 0.399 e. The molecule has 2 N–H and O–H groups in total. The lowest BCUT2D eigenvalue weighted by Crippen LogP contribution is -2.03. The Bertz CT molecular complexity index is 747. The van der Waals surface area contributed by atoms with Crippen molar-refractivity contribution in [3.63, 3.8) is 0 Å². The normalized spacial score (nSPS) is 10.8. The zero-order chi connectivity index (χ0) is 15.0. The quantitative estimate of drug-likeness (QED) is 0.655. The Hall–Kier alpha value is -1.73. The minimum Gasteiger partial charge on any atom is -0.399 e. The van der Waals surface area contributed by atoms with Crippen LogP contribution in [0.2, 0.25) is 0 Å². The van der Waals surface area contributed by atoms with Crippen molar-refractivity contribution in [1.29, 1.82) is 0 Å². The second-order valence-electron chi connectivity index (χ2n) is 4.58. The monoisotopic (exact) mass is 407 g/mol. The van der Waals surface area contributed by atoms with Gasteiger partial charge in [-0.3, -0.25) is 0 Å². The highest BCUT2D eigenvalue weighted by Gasteiger charge is 2.15. The summed E-state index contributed by atoms with van der Waals surface area (Å²) < 4.78 is 3.57. The number of halogens is 2. The Kier molecular flexibility index (Phi) is 3.77. The molecule has 106 valence electrons. The van der Waals surface area contributed by atoms with E-state index in [0.717, 1.165) is 25.8 Å². The third kappa shape index (κ3) is 2.71. The first kappa shape index (κ1) is 14.2. The van der Waals surface area contributed by atoms with Crippen molar-refractivity contribution >= 4 is 37.5 Å². The van der Waals surface area contributed by atoms with Crippen LogP contribution < -0.4 is 5.73 Å². The van der Waals surface area contributed by atoms with Crippen LogP contribution in [0.15, 0.2) is 45.3 Å². The highest BCUT2D eigenvalue weighted by molar-refractivity contribution is 9.10. The van der Waals surface area contributed by atoms with Crippen molar-refractivity contribution in [3.05, 3.63) is 50.9 Å². The van der Waals surface area contributed by atoms with E-state index in [4.69, 9.17) is 5.73 Å². The van der Waals surface area contributed by atoms with E-state index in [0.29, 0.717) is 11.5 Å². The summed E-state index contributed by atoms with van der Waals surface area (Å²) in [7, 11) is 0. The minimum atomic E-state index is 0.635. The first-order valence-electron chi connectivity index (χ1n) is 6.16. The number of hydrogen-bond donors (Lipinski definition) is 1. The van der Waals surface area contributed by atoms with E-state index in [1.807, 2.05) is 43.3 Å². The van der Waals surface area contributed by atoms with Gasteiger partial charge in [-0.2, -0.15) is 4.68 Å². The number of anilines is 1. The van der Waals surface area contributed by atoms with Crippen molar-refractivity contribution in [2.75, 3.05) is 5.73 Å². The highest BCUT2D eigenvalue weighted by Crippen LogP contribution is 2.30. The molecule has 0 bridgehead atoms. The molecule has 0 atom stereocenters. The summed E-state index contributed by atoms with van der Waals surface area (Å²) in [6, 6.07) is 11.5. The SMILES string of the molecule is Cc1ccc(Br)cc1-n1nnnc1-c1cc(N)ccc1Br. The number of rotatable bonds is 2. The van der Waals surface area contributed by atoms with Crippen LogP contribution in [0.4, 0.5) is 5.69 Å². The average molecular weight is 409 g/mol. The average Bonchev–Trinajstić information content (AvgIpc) is 2.93. The molecular formula is C14H11Br2N5. The molecule has 21 heavy (non-hydrogen) atoms. The molecule has 0 saturated heterocycles. The molecule has 0 spiro atoms. The zero-order valence-electron chi connectivity index (χ0n) is 11.1. The Morgan fingerprint density at radius 1 is 1.10 bits per heavy atom. The van der Waals surface area contributed by atoms with Gasteiger partial charge in [-0.25, -0.2) is 0 Å². The molecular weight excluding hydrogens is 398 g/mol. The molecule has 0 aliphatic carbocycles. The Morgan fingerprint density at radius 3 is 2.71 bits per heavy atom. The topological polar surface area (TPSA) is 69.6 Å². The molecule has 0 unspecified atom stereocenters. The standard InChI is InChI=1S/C14H11Br2N5/c1-8-2-3-9(15)6-13(8)21-14(18-19-20-21)11-7-10(17)4-5-12(11)16/h2-7H,17H2,1H3. The second-order valence-corrected chi connectivity index (χ2v) is 6.35. The van der Waals surface area contributed by atoms with Gasteiger partial charge in [0.1, 0.15) is 0 Å². The summed E-state index contributed by atoms with van der Waals surface area (Å²) in [5, 5.41) is 12.0. The van der Waals surface area contributed by atoms with E-state index in [2.05, 4.69) is 47.4 Å². The van der Waals surface area contributed by atoms with Gasteiger partial charge in [0.2, 0.25) is 0 Å². The fraction of sp³-hybridized carbons (Fsp3) is 0.0714. The molecule has 0 radical (unpaired) electrons. The number of aryl methyl sites for hydroxylation is 1. The van der Waals surface area contributed by atoms with E-state index >= 15 is 0 Å². The summed E-state index contributed by atoms with van der Waals surface area (Å²) in [4.78, 5) is 0. The number of aromatic nitrogens is 4. The molecule has 1 heterocycles. The van der Waals surface area contributed by atoms with Crippen LogP contribution in [0.1, 0.15) is 5.56 Å². The number of benzene rings is 2. The van der Waals surface area contributed by atoms with Gasteiger partial charge in [0.15, 0.2) is 5.82 Å². The van der Waals surface area contributed by atoms with Gasteiger partial charge in [-0.1, -0.05) is 37.9 Å². The third-order valence-electron chi connectivity index (χ3n) is 3.10. The molecule has 2 aromatic carbocycles. The summed E-state index contributed by atoms with van der Waals surface area (Å²) in [5.74, 6) is 0.635. The summed E-state index contributed by atoms with van der Waals surface area (Å²) in [6.45, 7) is 2.02. The van der Waals surface area contributed by atoms with E-state index in [1.54, 1.807) is 4.68 Å². The van der Waals surface area contributed by atoms with Gasteiger partial charge in [0.05, 0.1) is 5.69 Å². The van der Waals surface area contributed by atoms with Crippen LogP contribution in [0, 0.1) is 6.92 Å². The lowest BCUT2D eigenvalue weighted by atomic mass is 10.1. The van der Waals surface area contributed by atoms with Gasteiger partial charge in [0.25, 0.3) is 0 Å². The maximum Gasteiger partial charge on any atom is 0.188 e. The molecule has 3 rings (SSSR count). The lowest BCUT2D eigenvalue weighted by Gasteiger charge is -2.10. The minimum absolute atomic E-state index is 0.635. The lowest BCUT2D eigenvalue weighted by molar-refractivity contribution is 0.787. The van der Waals surface area contributed by atoms with Crippen LogP contribution in [0.25, 0.3) is 17.1 Å². The molecule has 0 aliphatic heterocycles. The number of nitrogens with two attached hydrogens (primary N) is 1. The van der Waals surface area contributed by atoms with Gasteiger partial charge in [-0.05, 0) is 53.2 Å². The zero-order valence-corrected chi connectivity index (χ0v) is 14.3. The molecule has 0 amide bonds. The summed E-state index contributed by atoms with van der Waals surface area (Å²) in [5.41, 5.74) is 9.37. The van der Waals surface area contributed by atoms with Crippen molar-refractivity contribution < 1.29 is 0 Å². The predicted molar refractivity (Wildman–Crippen MR) is 89.1 cm³/mol. The Labute approximate surface area is 138 Å². The summed E-state index contributed by atoms with van der Waals surface area (Å²) in [6.07, 6.45) is 0. The van der Waals surface area contributed by atoms with Crippen molar-refractivity contribution in [2.24, 2.45) is 0 Å². The Balaban J connectivity index is 2.22. The molecule has 5 nitrogen and oxygen atoms in total. The number of nitrogen functional groups attached to an aromatic ring is 1. The van der Waals surface area contributed by atoms with Crippen LogP contribution >= 0.6 is 31.9 Å². The van der Waals surface area contributed by atoms with Crippen LogP contribution in [-0.4, -0.2) is 20.2 Å². The van der Waals surface area contributed by atoms with Gasteiger partial charge < -0.3 is 5.73 Å². The molecule has 7 heteroatoms. The van der Waals surface area contributed by atoms with Crippen molar-refractivity contribution in [3.8, 4) is 17.1 Å². The number of hydrogen-bond acceptors (Lipinski definition) is 4. The number of tetrazole rings is 1. The van der Waals surface area contributed by atoms with E-state index < -0.39 is 0 Å². The molecule has 0 fully saturated rings. The third-order valence-corrected chi connectivity index (χ3v) is 4.28. The van der Waals surface area contributed by atoms with Gasteiger partial charge >= 0.3 is 0 Å². The molecule has 3 aromatic rings.